The van der Waals surface area contributed by atoms with Crippen molar-refractivity contribution < 1.29 is 42.8 Å². The molecular formula is C50H52N8O9. The molecule has 6 heterocycles. The normalized spacial score (nSPS) is 19.8. The summed E-state index contributed by atoms with van der Waals surface area (Å²) in [4.78, 5) is 60.3. The number of benzene rings is 3. The van der Waals surface area contributed by atoms with Crippen LogP contribution in [-0.4, -0.2) is 106 Å². The van der Waals surface area contributed by atoms with Gasteiger partial charge in [-0.2, -0.15) is 5.10 Å². The molecular weight excluding hydrogens is 857 g/mol. The molecule has 17 heteroatoms. The number of piperidine rings is 1. The summed E-state index contributed by atoms with van der Waals surface area (Å²) >= 11 is 0. The summed E-state index contributed by atoms with van der Waals surface area (Å²) in [6.45, 7) is 1.38. The second-order valence-electron chi connectivity index (χ2n) is 18.0. The number of para-hydroxylation sites is 1. The topological polar surface area (TPSA) is 195 Å². The molecule has 67 heavy (non-hydrogen) atoms. The lowest BCUT2D eigenvalue weighted by molar-refractivity contribution is -0.143. The van der Waals surface area contributed by atoms with E-state index in [2.05, 4.69) is 25.3 Å². The van der Waals surface area contributed by atoms with Crippen molar-refractivity contribution in [1.29, 1.82) is 0 Å². The van der Waals surface area contributed by atoms with Crippen LogP contribution >= 0.6 is 0 Å². The summed E-state index contributed by atoms with van der Waals surface area (Å²) in [6, 6.07) is 16.1. The van der Waals surface area contributed by atoms with Gasteiger partial charge in [-0.3, -0.25) is 9.59 Å². The molecule has 5 aliphatic rings. The number of hydrogen-bond acceptors (Lipinski definition) is 12. The molecule has 0 spiro atoms. The van der Waals surface area contributed by atoms with Crippen LogP contribution in [0.3, 0.4) is 0 Å². The predicted octanol–water partition coefficient (Wildman–Crippen LogP) is 7.38. The minimum atomic E-state index is -0.983. The number of carbonyl (C=O) groups excluding carboxylic acids is 3. The van der Waals surface area contributed by atoms with E-state index in [0.717, 1.165) is 66.3 Å². The molecule has 0 bridgehead atoms. The summed E-state index contributed by atoms with van der Waals surface area (Å²) in [5, 5.41) is 10.7. The molecule has 2 aliphatic carbocycles. The Balaban J connectivity index is 0.831. The summed E-state index contributed by atoms with van der Waals surface area (Å²) in [5.41, 5.74) is 5.55. The fourth-order valence-electron chi connectivity index (χ4n) is 10.2. The van der Waals surface area contributed by atoms with E-state index in [1.54, 1.807) is 30.3 Å². The number of likely N-dealkylation sites (tertiary alicyclic amines) is 1. The summed E-state index contributed by atoms with van der Waals surface area (Å²) in [6.07, 6.45) is 11.2. The van der Waals surface area contributed by atoms with Crippen LogP contribution in [0.25, 0.3) is 33.2 Å². The van der Waals surface area contributed by atoms with Gasteiger partial charge in [-0.15, -0.1) is 0 Å². The second kappa shape index (κ2) is 17.8. The summed E-state index contributed by atoms with van der Waals surface area (Å²) < 4.78 is 35.0. The second-order valence-corrected chi connectivity index (χ2v) is 18.0. The van der Waals surface area contributed by atoms with E-state index in [0.29, 0.717) is 89.5 Å². The molecule has 3 amide bonds. The molecule has 3 fully saturated rings. The lowest BCUT2D eigenvalue weighted by Crippen LogP contribution is -2.56. The number of H-pyrrole nitrogens is 2. The van der Waals surface area contributed by atoms with E-state index in [4.69, 9.17) is 33.5 Å². The molecule has 3 aliphatic heterocycles. The molecule has 346 valence electrons. The van der Waals surface area contributed by atoms with Crippen LogP contribution in [0.15, 0.2) is 78.4 Å². The zero-order chi connectivity index (χ0) is 45.6. The van der Waals surface area contributed by atoms with E-state index in [-0.39, 0.29) is 48.7 Å². The van der Waals surface area contributed by atoms with E-state index in [1.807, 2.05) is 60.8 Å². The fraction of sp³-hybridized carbons (Fsp3) is 0.400. The van der Waals surface area contributed by atoms with Gasteiger partial charge in [0.05, 0.1) is 43.7 Å². The lowest BCUT2D eigenvalue weighted by atomic mass is 9.73. The number of aromatic nitrogens is 4. The van der Waals surface area contributed by atoms with Crippen LogP contribution in [0.1, 0.15) is 62.5 Å². The van der Waals surface area contributed by atoms with Crippen molar-refractivity contribution in [2.24, 2.45) is 22.9 Å². The number of rotatable bonds is 13. The van der Waals surface area contributed by atoms with E-state index in [1.165, 1.54) is 6.33 Å². The molecule has 11 rings (SSSR count). The monoisotopic (exact) mass is 908 g/mol. The Hall–Kier alpha value is -7.30. The Morgan fingerprint density at radius 2 is 1.67 bits per heavy atom. The van der Waals surface area contributed by atoms with Gasteiger partial charge in [-0.25, -0.2) is 19.8 Å². The molecule has 6 aromatic rings. The van der Waals surface area contributed by atoms with Crippen LogP contribution in [0, 0.1) is 17.8 Å². The lowest BCUT2D eigenvalue weighted by Gasteiger charge is -2.43. The average molecular weight is 909 g/mol. The van der Waals surface area contributed by atoms with Crippen LogP contribution in [-0.2, 0) is 16.0 Å². The number of amides is 3. The largest absolute Gasteiger partial charge is 0.493 e. The fourth-order valence-corrected chi connectivity index (χ4v) is 10.2. The number of nitrogens with zero attached hydrogens (tertiary/aromatic N) is 5. The van der Waals surface area contributed by atoms with Gasteiger partial charge in [0.15, 0.2) is 28.7 Å². The first-order chi connectivity index (χ1) is 32.8. The maximum Gasteiger partial charge on any atom is 0.413 e. The predicted molar refractivity (Wildman–Crippen MR) is 247 cm³/mol. The number of fused-ring (bicyclic) bond motifs is 4. The third-order valence-electron chi connectivity index (χ3n) is 13.9. The minimum absolute atomic E-state index is 0.0189. The molecule has 3 atom stereocenters. The highest BCUT2D eigenvalue weighted by atomic mass is 16.7. The number of hydrazone groups is 1. The Morgan fingerprint density at radius 1 is 0.866 bits per heavy atom. The molecule has 2 saturated carbocycles. The molecule has 3 N–H and O–H groups in total. The first-order valence-electron chi connectivity index (χ1n) is 23.2. The number of nitrogens with one attached hydrogen (secondary N) is 3. The number of methoxy groups -OCH3 is 2. The van der Waals surface area contributed by atoms with Crippen molar-refractivity contribution in [1.82, 2.24) is 35.2 Å². The maximum atomic E-state index is 14.7. The minimum Gasteiger partial charge on any atom is -0.493 e. The van der Waals surface area contributed by atoms with Gasteiger partial charge in [0.1, 0.15) is 29.3 Å². The van der Waals surface area contributed by atoms with Gasteiger partial charge in [0, 0.05) is 60.2 Å². The smallest absolute Gasteiger partial charge is 0.413 e. The van der Waals surface area contributed by atoms with Crippen molar-refractivity contribution in [3.63, 3.8) is 0 Å². The zero-order valence-corrected chi connectivity index (χ0v) is 37.4. The van der Waals surface area contributed by atoms with Crippen LogP contribution in [0.4, 0.5) is 4.79 Å². The maximum absolute atomic E-state index is 14.7. The Morgan fingerprint density at radius 3 is 2.49 bits per heavy atom. The Labute approximate surface area is 386 Å². The van der Waals surface area contributed by atoms with E-state index >= 15 is 0 Å². The van der Waals surface area contributed by atoms with Crippen LogP contribution in [0.2, 0.25) is 0 Å². The third kappa shape index (κ3) is 8.09. The van der Waals surface area contributed by atoms with Gasteiger partial charge in [-0.1, -0.05) is 31.0 Å². The van der Waals surface area contributed by atoms with E-state index in [9.17, 15) is 14.4 Å². The van der Waals surface area contributed by atoms with Gasteiger partial charge in [0.2, 0.25) is 18.6 Å². The molecule has 3 aromatic carbocycles. The van der Waals surface area contributed by atoms with Crippen molar-refractivity contribution in [3.8, 4) is 45.8 Å². The number of hydrogen-bond donors (Lipinski definition) is 3. The number of aromatic amines is 2. The van der Waals surface area contributed by atoms with Crippen molar-refractivity contribution in [2.75, 3.05) is 40.7 Å². The van der Waals surface area contributed by atoms with Crippen LogP contribution < -0.4 is 33.7 Å². The molecule has 0 unspecified atom stereocenters. The van der Waals surface area contributed by atoms with Crippen LogP contribution in [0.5, 0.6) is 34.5 Å². The van der Waals surface area contributed by atoms with Gasteiger partial charge in [-0.05, 0) is 86.4 Å². The van der Waals surface area contributed by atoms with Crippen molar-refractivity contribution in [2.45, 2.75) is 69.9 Å². The first-order valence-corrected chi connectivity index (χ1v) is 23.2. The standard InChI is InChI=1S/C50H52N8O9/c1-62-37-14-13-29(22-40(37)63-2)43-33-8-3-4-9-34(33)48(59)58(56-43)31-17-19-57(20-18-31)49(60)36(21-30-23-51-35-10-6-5-7-32(30)35)55-50(61)67-41-24-52-46-44(41)53-26-54-45(46)42-38(64-25-28-11-12-28)15-16-39-47(42)66-27-65-39/h5-7,10,13-16,22-24,26,28,31,33-34,36,51-52H,3-4,8-9,11-12,17-21,25,27H2,1-2H3,(H,55,61)/t33-,34+,36+/m0/s1. The number of carbonyl (C=O) groups is 3. The SMILES string of the molecule is COc1ccc(C2=NN(C3CCN(C(=O)[C@@H](Cc4c[nH]c5ccccc45)NC(=O)Oc4c[nH]c5c(-c6c(OCC7CC7)ccc7c6OCO7)ncnc45)CC3)C(=O)[C@@H]3CCCC[C@H]23)cc1OC. The highest BCUT2D eigenvalue weighted by Crippen LogP contribution is 2.49. The number of ether oxygens (including phenoxy) is 6. The van der Waals surface area contributed by atoms with Gasteiger partial charge < -0.3 is 48.6 Å². The highest BCUT2D eigenvalue weighted by molar-refractivity contribution is 6.07. The Kier molecular flexibility index (Phi) is 11.3. The zero-order valence-electron chi connectivity index (χ0n) is 37.4. The summed E-state index contributed by atoms with van der Waals surface area (Å²) in [7, 11) is 3.22. The molecule has 3 aromatic heterocycles. The molecule has 17 nitrogen and oxygen atoms in total. The van der Waals surface area contributed by atoms with Crippen molar-refractivity contribution >= 4 is 45.6 Å². The molecule has 0 radical (unpaired) electrons. The first kappa shape index (κ1) is 42.3. The molecule has 1 saturated heterocycles. The van der Waals surface area contributed by atoms with Gasteiger partial charge in [0.25, 0.3) is 0 Å². The van der Waals surface area contributed by atoms with Crippen molar-refractivity contribution in [3.05, 3.63) is 84.4 Å². The quantitative estimate of drug-likeness (QED) is 0.105. The summed E-state index contributed by atoms with van der Waals surface area (Å²) in [5.74, 6) is 3.24. The highest BCUT2D eigenvalue weighted by Gasteiger charge is 2.44. The average Bonchev–Trinajstić information content (AvgIpc) is 3.69. The third-order valence-corrected chi connectivity index (χ3v) is 13.9. The van der Waals surface area contributed by atoms with Gasteiger partial charge >= 0.3 is 6.09 Å². The van der Waals surface area contributed by atoms with E-state index < -0.39 is 12.1 Å². The Bertz CT molecular complexity index is 2900.